The number of allylic oxidation sites excluding steroid dienone is 12. The lowest BCUT2D eigenvalue weighted by Crippen LogP contribution is -2.12. The second kappa shape index (κ2) is 18.1. The van der Waals surface area contributed by atoms with Gasteiger partial charge in [-0.3, -0.25) is 4.98 Å². The third-order valence-corrected chi connectivity index (χ3v) is 14.1. The van der Waals surface area contributed by atoms with Crippen molar-refractivity contribution in [3.05, 3.63) is 259 Å². The molecule has 0 saturated heterocycles. The van der Waals surface area contributed by atoms with Crippen LogP contribution < -0.4 is 0 Å². The maximum absolute atomic E-state index is 5.43. The van der Waals surface area contributed by atoms with E-state index in [-0.39, 0.29) is 5.92 Å². The fraction of sp³-hybridized carbons (Fsp3) is 0.0769. The molecule has 336 valence electrons. The first-order valence-corrected chi connectivity index (χ1v) is 24.5. The number of fused-ring (bicyclic) bond motifs is 5. The molecule has 0 N–H and O–H groups in total. The Morgan fingerprint density at radius 3 is 2.06 bits per heavy atom. The van der Waals surface area contributed by atoms with Gasteiger partial charge in [0.1, 0.15) is 5.82 Å². The first kappa shape index (κ1) is 42.1. The lowest BCUT2D eigenvalue weighted by Gasteiger charge is -2.24. The molecule has 4 aromatic heterocycles. The number of aromatic nitrogens is 6. The lowest BCUT2D eigenvalue weighted by atomic mass is 9.82. The average Bonchev–Trinajstić information content (AvgIpc) is 3.72. The molecule has 0 amide bonds. The first-order chi connectivity index (χ1) is 35.1. The highest BCUT2D eigenvalue weighted by atomic mass is 15.0. The highest BCUT2D eigenvalue weighted by Gasteiger charge is 2.25. The van der Waals surface area contributed by atoms with Crippen molar-refractivity contribution in [2.24, 2.45) is 0 Å². The summed E-state index contributed by atoms with van der Waals surface area (Å²) in [5.74, 6) is 2.11. The molecular weight excluding hydrogens is 865 g/mol. The van der Waals surface area contributed by atoms with Gasteiger partial charge in [0.15, 0.2) is 11.6 Å². The molecule has 0 fully saturated rings. The molecule has 6 aromatic carbocycles. The molecule has 3 aliphatic rings. The first-order valence-electron chi connectivity index (χ1n) is 24.5. The van der Waals surface area contributed by atoms with Crippen molar-refractivity contribution in [3.63, 3.8) is 0 Å². The van der Waals surface area contributed by atoms with Crippen molar-refractivity contribution in [3.8, 4) is 45.0 Å². The van der Waals surface area contributed by atoms with Gasteiger partial charge in [-0.25, -0.2) is 24.9 Å². The van der Waals surface area contributed by atoms with Gasteiger partial charge in [-0.05, 0) is 99.7 Å². The van der Waals surface area contributed by atoms with Crippen molar-refractivity contribution < 1.29 is 0 Å². The Hall–Kier alpha value is -9.00. The van der Waals surface area contributed by atoms with E-state index < -0.39 is 0 Å². The van der Waals surface area contributed by atoms with Crippen LogP contribution >= 0.6 is 0 Å². The van der Waals surface area contributed by atoms with Crippen LogP contribution in [0, 0.1) is 0 Å². The van der Waals surface area contributed by atoms with Gasteiger partial charge in [0.2, 0.25) is 0 Å². The standard InChI is InChI=1S/C65H46N6/c1-3-13-46(14-4-1)59-35-33-48-32-34-56-57(53-31-27-43-12-7-8-17-51(43)38-53)40-60(68-62(56)61(48)67-59)47-28-24-44(25-29-47)42-18-9-20-50(30-26-42)64-69-63(49-15-5-2-6-16-49)70-65(71-64)54-22-10-21-52(39-54)55-23-11-19-45-36-37-66-41-58(45)55/h1-8,10,12-18,20-38,40-41,54H,9,11,19,39H2/t54-/m0/s1. The number of aryl methyl sites for hydroxylation is 1. The molecule has 0 bridgehead atoms. The summed E-state index contributed by atoms with van der Waals surface area (Å²) in [4.78, 5) is 30.7. The van der Waals surface area contributed by atoms with Crippen LogP contribution in [0.1, 0.15) is 53.5 Å². The minimum Gasteiger partial charge on any atom is -0.264 e. The highest BCUT2D eigenvalue weighted by molar-refractivity contribution is 6.10. The van der Waals surface area contributed by atoms with Crippen molar-refractivity contribution in [2.45, 2.75) is 31.6 Å². The molecule has 13 rings (SSSR count). The summed E-state index contributed by atoms with van der Waals surface area (Å²) in [5.41, 5.74) is 17.3. The maximum atomic E-state index is 5.43. The van der Waals surface area contributed by atoms with Crippen molar-refractivity contribution in [1.82, 2.24) is 29.9 Å². The second-order valence-electron chi connectivity index (χ2n) is 18.5. The SMILES string of the molecule is C1=C[C@H](c2nc(C3=CCC=C(c4ccc(-c5cc(-c6ccc7ccccc7c6)c6ccc7ccc(-c8ccccc8)nc7c6n5)cc4)C=C3)nc(-c3ccccc3)n2)CC(C2=CCCc3ccncc32)=C1. The summed E-state index contributed by atoms with van der Waals surface area (Å²) < 4.78 is 0. The predicted octanol–water partition coefficient (Wildman–Crippen LogP) is 15.6. The van der Waals surface area contributed by atoms with Crippen LogP contribution in [0.5, 0.6) is 0 Å². The number of rotatable bonds is 8. The van der Waals surface area contributed by atoms with Gasteiger partial charge < -0.3 is 0 Å². The second-order valence-corrected chi connectivity index (χ2v) is 18.5. The van der Waals surface area contributed by atoms with Gasteiger partial charge in [-0.15, -0.1) is 0 Å². The molecule has 1 atom stereocenters. The zero-order valence-corrected chi connectivity index (χ0v) is 39.0. The minimum atomic E-state index is -0.00721. The van der Waals surface area contributed by atoms with E-state index in [0.717, 1.165) is 109 Å². The highest BCUT2D eigenvalue weighted by Crippen LogP contribution is 2.40. The molecule has 0 aliphatic heterocycles. The fourth-order valence-electron chi connectivity index (χ4n) is 10.4. The largest absolute Gasteiger partial charge is 0.264 e. The van der Waals surface area contributed by atoms with Crippen molar-refractivity contribution >= 4 is 49.3 Å². The van der Waals surface area contributed by atoms with Crippen LogP contribution in [0.2, 0.25) is 0 Å². The van der Waals surface area contributed by atoms with E-state index in [4.69, 9.17) is 24.9 Å². The molecule has 0 radical (unpaired) electrons. The molecule has 3 aliphatic carbocycles. The van der Waals surface area contributed by atoms with Gasteiger partial charge >= 0.3 is 0 Å². The topological polar surface area (TPSA) is 77.3 Å². The summed E-state index contributed by atoms with van der Waals surface area (Å²) in [6, 6.07) is 57.7. The zero-order chi connectivity index (χ0) is 47.1. The molecule has 0 unspecified atom stereocenters. The average molecular weight is 911 g/mol. The van der Waals surface area contributed by atoms with E-state index in [1.807, 2.05) is 36.7 Å². The molecule has 6 nitrogen and oxygen atoms in total. The number of hydrogen-bond donors (Lipinski definition) is 0. The normalized spacial score (nSPS) is 15.5. The van der Waals surface area contributed by atoms with Crippen molar-refractivity contribution in [2.75, 3.05) is 0 Å². The van der Waals surface area contributed by atoms with Crippen LogP contribution in [0.4, 0.5) is 0 Å². The molecule has 71 heavy (non-hydrogen) atoms. The third kappa shape index (κ3) is 8.19. The van der Waals surface area contributed by atoms with E-state index in [1.54, 1.807) is 0 Å². The van der Waals surface area contributed by atoms with Gasteiger partial charge in [0, 0.05) is 56.9 Å². The number of benzene rings is 6. The molecule has 4 heterocycles. The number of nitrogens with zero attached hydrogens (tertiary/aromatic N) is 6. The molecule has 6 heteroatoms. The Kier molecular flexibility index (Phi) is 10.8. The Bertz CT molecular complexity index is 3920. The third-order valence-electron chi connectivity index (χ3n) is 14.1. The Morgan fingerprint density at radius 2 is 1.18 bits per heavy atom. The van der Waals surface area contributed by atoms with E-state index in [1.165, 1.54) is 33.0 Å². The van der Waals surface area contributed by atoms with Crippen LogP contribution in [-0.2, 0) is 6.42 Å². The Labute approximate surface area is 412 Å². The van der Waals surface area contributed by atoms with Gasteiger partial charge in [-0.1, -0.05) is 188 Å². The Balaban J connectivity index is 0.827. The van der Waals surface area contributed by atoms with Crippen LogP contribution in [0.25, 0.3) is 94.3 Å². The predicted molar refractivity (Wildman–Crippen MR) is 291 cm³/mol. The summed E-state index contributed by atoms with van der Waals surface area (Å²) >= 11 is 0. The summed E-state index contributed by atoms with van der Waals surface area (Å²) in [7, 11) is 0. The van der Waals surface area contributed by atoms with E-state index in [2.05, 4.69) is 193 Å². The van der Waals surface area contributed by atoms with E-state index >= 15 is 0 Å². The maximum Gasteiger partial charge on any atom is 0.163 e. The molecular formula is C65H46N6. The molecule has 10 aromatic rings. The van der Waals surface area contributed by atoms with Gasteiger partial charge in [-0.2, -0.15) is 0 Å². The van der Waals surface area contributed by atoms with Gasteiger partial charge in [0.25, 0.3) is 0 Å². The van der Waals surface area contributed by atoms with E-state index in [0.29, 0.717) is 11.6 Å². The zero-order valence-electron chi connectivity index (χ0n) is 39.0. The van der Waals surface area contributed by atoms with E-state index in [9.17, 15) is 0 Å². The number of hydrogen-bond acceptors (Lipinski definition) is 6. The quantitative estimate of drug-likeness (QED) is 0.141. The molecule has 0 saturated carbocycles. The minimum absolute atomic E-state index is 0.00721. The monoisotopic (exact) mass is 910 g/mol. The number of pyridine rings is 3. The van der Waals surface area contributed by atoms with Crippen LogP contribution in [0.3, 0.4) is 0 Å². The smallest absolute Gasteiger partial charge is 0.163 e. The van der Waals surface area contributed by atoms with Crippen molar-refractivity contribution in [1.29, 1.82) is 0 Å². The lowest BCUT2D eigenvalue weighted by molar-refractivity contribution is 0.743. The summed E-state index contributed by atoms with van der Waals surface area (Å²) in [6.07, 6.45) is 25.3. The summed E-state index contributed by atoms with van der Waals surface area (Å²) in [6.45, 7) is 0. The van der Waals surface area contributed by atoms with Crippen LogP contribution in [0.15, 0.2) is 230 Å². The Morgan fingerprint density at radius 1 is 0.479 bits per heavy atom. The molecule has 0 spiro atoms. The fourth-order valence-corrected chi connectivity index (χ4v) is 10.4. The van der Waals surface area contributed by atoms with Crippen LogP contribution in [-0.4, -0.2) is 29.9 Å². The van der Waals surface area contributed by atoms with Gasteiger partial charge in [0.05, 0.1) is 22.4 Å². The summed E-state index contributed by atoms with van der Waals surface area (Å²) in [5, 5.41) is 4.54.